The molecule has 1 amide bonds. The highest BCUT2D eigenvalue weighted by molar-refractivity contribution is 7.80. The van der Waals surface area contributed by atoms with Gasteiger partial charge >= 0.3 is 0 Å². The van der Waals surface area contributed by atoms with Gasteiger partial charge in [0.15, 0.2) is 0 Å². The van der Waals surface area contributed by atoms with Gasteiger partial charge in [0, 0.05) is 13.2 Å². The van der Waals surface area contributed by atoms with Crippen LogP contribution in [-0.2, 0) is 18.4 Å². The number of hydrogen-bond acceptors (Lipinski definition) is 3. The highest BCUT2D eigenvalue weighted by atomic mass is 32.1. The highest BCUT2D eigenvalue weighted by Gasteiger charge is 2.37. The van der Waals surface area contributed by atoms with Crippen LogP contribution in [0.25, 0.3) is 0 Å². The Hall–Kier alpha value is -1.43. The van der Waals surface area contributed by atoms with Gasteiger partial charge in [-0.05, 0) is 18.9 Å². The van der Waals surface area contributed by atoms with Crippen LogP contribution in [0.4, 0.5) is 0 Å². The van der Waals surface area contributed by atoms with Gasteiger partial charge in [-0.25, -0.2) is 0 Å². The standard InChI is InChI=1S/C12H20N4OS/c1-4-12(5-2,10(13)18)11(17)14-8-9-6-7-16(3)15-9/h6-7H,4-5,8H2,1-3H3,(H2,13,18)(H,14,17). The number of thiocarbonyl (C=S) groups is 1. The van der Waals surface area contributed by atoms with Crippen LogP contribution in [0.15, 0.2) is 12.3 Å². The van der Waals surface area contributed by atoms with E-state index in [-0.39, 0.29) is 10.9 Å². The average molecular weight is 268 g/mol. The van der Waals surface area contributed by atoms with Crippen LogP contribution in [0, 0.1) is 5.41 Å². The van der Waals surface area contributed by atoms with E-state index in [2.05, 4.69) is 10.4 Å². The predicted molar refractivity (Wildman–Crippen MR) is 74.9 cm³/mol. The minimum atomic E-state index is -0.746. The fourth-order valence-corrected chi connectivity index (χ4v) is 2.31. The first-order valence-corrected chi connectivity index (χ1v) is 6.43. The number of aryl methyl sites for hydroxylation is 1. The van der Waals surface area contributed by atoms with Gasteiger partial charge in [-0.3, -0.25) is 9.48 Å². The predicted octanol–water partition coefficient (Wildman–Crippen LogP) is 1.13. The number of nitrogens with two attached hydrogens (primary N) is 1. The molecule has 3 N–H and O–H groups in total. The lowest BCUT2D eigenvalue weighted by atomic mass is 9.81. The fraction of sp³-hybridized carbons (Fsp3) is 0.583. The van der Waals surface area contributed by atoms with Crippen LogP contribution in [0.1, 0.15) is 32.4 Å². The molecule has 0 aliphatic rings. The maximum Gasteiger partial charge on any atom is 0.233 e. The average Bonchev–Trinajstić information content (AvgIpc) is 2.74. The Morgan fingerprint density at radius 3 is 2.56 bits per heavy atom. The van der Waals surface area contributed by atoms with E-state index in [9.17, 15) is 4.79 Å². The summed E-state index contributed by atoms with van der Waals surface area (Å²) in [6, 6.07) is 1.86. The Bertz CT molecular complexity index is 437. The molecule has 18 heavy (non-hydrogen) atoms. The number of carbonyl (C=O) groups is 1. The summed E-state index contributed by atoms with van der Waals surface area (Å²) in [7, 11) is 1.84. The zero-order valence-electron chi connectivity index (χ0n) is 11.1. The van der Waals surface area contributed by atoms with Crippen LogP contribution in [0.5, 0.6) is 0 Å². The molecule has 0 spiro atoms. The van der Waals surface area contributed by atoms with Gasteiger partial charge in [-0.1, -0.05) is 26.1 Å². The SMILES string of the molecule is CCC(CC)(C(=O)NCc1ccn(C)n1)C(N)=S. The minimum absolute atomic E-state index is 0.120. The molecule has 0 saturated carbocycles. The molecular formula is C12H20N4OS. The Kier molecular flexibility index (Phi) is 4.84. The lowest BCUT2D eigenvalue weighted by molar-refractivity contribution is -0.128. The summed E-state index contributed by atoms with van der Waals surface area (Å²) in [5.41, 5.74) is 5.79. The van der Waals surface area contributed by atoms with E-state index < -0.39 is 5.41 Å². The van der Waals surface area contributed by atoms with E-state index in [0.717, 1.165) is 5.69 Å². The number of hydrogen-bond donors (Lipinski definition) is 2. The second-order valence-electron chi connectivity index (χ2n) is 4.32. The monoisotopic (exact) mass is 268 g/mol. The number of nitrogens with one attached hydrogen (secondary N) is 1. The van der Waals surface area contributed by atoms with Crippen molar-refractivity contribution in [1.82, 2.24) is 15.1 Å². The van der Waals surface area contributed by atoms with Crippen molar-refractivity contribution < 1.29 is 4.79 Å². The normalized spacial score (nSPS) is 11.3. The van der Waals surface area contributed by atoms with E-state index in [1.54, 1.807) is 4.68 Å². The molecule has 0 unspecified atom stereocenters. The summed E-state index contributed by atoms with van der Waals surface area (Å²) in [5, 5.41) is 7.05. The summed E-state index contributed by atoms with van der Waals surface area (Å²) >= 11 is 5.04. The summed E-state index contributed by atoms with van der Waals surface area (Å²) < 4.78 is 1.70. The third-order valence-electron chi connectivity index (χ3n) is 3.31. The molecule has 0 aliphatic carbocycles. The second-order valence-corrected chi connectivity index (χ2v) is 4.76. The molecule has 0 aromatic carbocycles. The molecule has 1 heterocycles. The van der Waals surface area contributed by atoms with E-state index in [0.29, 0.717) is 19.4 Å². The topological polar surface area (TPSA) is 72.9 Å². The van der Waals surface area contributed by atoms with Crippen molar-refractivity contribution in [1.29, 1.82) is 0 Å². The largest absolute Gasteiger partial charge is 0.392 e. The Balaban J connectivity index is 2.71. The lowest BCUT2D eigenvalue weighted by Gasteiger charge is -2.28. The van der Waals surface area contributed by atoms with Gasteiger partial charge in [-0.15, -0.1) is 0 Å². The summed E-state index contributed by atoms with van der Waals surface area (Å²) in [6.07, 6.45) is 3.04. The number of rotatable bonds is 6. The van der Waals surface area contributed by atoms with Crippen molar-refractivity contribution in [2.45, 2.75) is 33.2 Å². The Morgan fingerprint density at radius 1 is 1.56 bits per heavy atom. The van der Waals surface area contributed by atoms with E-state index in [1.165, 1.54) is 0 Å². The maximum atomic E-state index is 12.2. The molecule has 0 fully saturated rings. The molecule has 1 aromatic heterocycles. The Morgan fingerprint density at radius 2 is 2.17 bits per heavy atom. The van der Waals surface area contributed by atoms with Crippen LogP contribution in [-0.4, -0.2) is 20.7 Å². The van der Waals surface area contributed by atoms with Crippen molar-refractivity contribution in [2.24, 2.45) is 18.2 Å². The number of carbonyl (C=O) groups excluding carboxylic acids is 1. The van der Waals surface area contributed by atoms with Crippen molar-refractivity contribution in [3.8, 4) is 0 Å². The lowest BCUT2D eigenvalue weighted by Crippen LogP contribution is -2.48. The first kappa shape index (κ1) is 14.6. The van der Waals surface area contributed by atoms with Crippen LogP contribution in [0.2, 0.25) is 0 Å². The molecule has 100 valence electrons. The van der Waals surface area contributed by atoms with Gasteiger partial charge in [-0.2, -0.15) is 5.10 Å². The van der Waals surface area contributed by atoms with Crippen molar-refractivity contribution >= 4 is 23.1 Å². The number of amides is 1. The third kappa shape index (κ3) is 2.87. The first-order valence-electron chi connectivity index (χ1n) is 6.03. The summed E-state index contributed by atoms with van der Waals surface area (Å²) in [6.45, 7) is 4.23. The molecule has 0 radical (unpaired) electrons. The number of aromatic nitrogens is 2. The zero-order valence-corrected chi connectivity index (χ0v) is 11.9. The molecule has 1 aromatic rings. The molecule has 0 atom stereocenters. The second kappa shape index (κ2) is 5.95. The molecular weight excluding hydrogens is 248 g/mol. The van der Waals surface area contributed by atoms with Crippen LogP contribution >= 0.6 is 12.2 Å². The van der Waals surface area contributed by atoms with E-state index in [1.807, 2.05) is 33.2 Å². The first-order chi connectivity index (χ1) is 8.46. The maximum absolute atomic E-state index is 12.2. The smallest absolute Gasteiger partial charge is 0.233 e. The van der Waals surface area contributed by atoms with Gasteiger partial charge in [0.25, 0.3) is 0 Å². The third-order valence-corrected chi connectivity index (χ3v) is 3.70. The quantitative estimate of drug-likeness (QED) is 0.759. The summed E-state index contributed by atoms with van der Waals surface area (Å²) in [5.74, 6) is -0.120. The zero-order chi connectivity index (χ0) is 13.8. The van der Waals surface area contributed by atoms with Gasteiger partial charge in [0.05, 0.1) is 22.6 Å². The fourth-order valence-electron chi connectivity index (χ4n) is 1.93. The molecule has 0 bridgehead atoms. The Labute approximate surface area is 113 Å². The van der Waals surface area contributed by atoms with Crippen LogP contribution in [0.3, 0.4) is 0 Å². The number of nitrogens with zero attached hydrogens (tertiary/aromatic N) is 2. The van der Waals surface area contributed by atoms with Gasteiger partial charge in [0.1, 0.15) is 0 Å². The molecule has 6 heteroatoms. The molecule has 1 rings (SSSR count). The van der Waals surface area contributed by atoms with Gasteiger partial charge < -0.3 is 11.1 Å². The van der Waals surface area contributed by atoms with Gasteiger partial charge in [0.2, 0.25) is 5.91 Å². The molecule has 0 saturated heterocycles. The highest BCUT2D eigenvalue weighted by Crippen LogP contribution is 2.27. The van der Waals surface area contributed by atoms with Crippen molar-refractivity contribution in [2.75, 3.05) is 0 Å². The van der Waals surface area contributed by atoms with E-state index >= 15 is 0 Å². The summed E-state index contributed by atoms with van der Waals surface area (Å²) in [4.78, 5) is 12.5. The minimum Gasteiger partial charge on any atom is -0.392 e. The van der Waals surface area contributed by atoms with E-state index in [4.69, 9.17) is 18.0 Å². The molecule has 0 aliphatic heterocycles. The molecule has 5 nitrogen and oxygen atoms in total. The van der Waals surface area contributed by atoms with Crippen molar-refractivity contribution in [3.63, 3.8) is 0 Å². The van der Waals surface area contributed by atoms with Crippen molar-refractivity contribution in [3.05, 3.63) is 18.0 Å². The van der Waals surface area contributed by atoms with Crippen LogP contribution < -0.4 is 11.1 Å².